The molecular weight excluding hydrogens is 637 g/mol. The third kappa shape index (κ3) is 4.35. The van der Waals surface area contributed by atoms with Gasteiger partial charge in [0.1, 0.15) is 0 Å². The van der Waals surface area contributed by atoms with Crippen molar-refractivity contribution in [3.8, 4) is 33.6 Å². The van der Waals surface area contributed by atoms with Crippen molar-refractivity contribution in [2.45, 2.75) is 0 Å². The van der Waals surface area contributed by atoms with E-state index in [0.29, 0.717) is 0 Å². The molecule has 51 heavy (non-hydrogen) atoms. The molecule has 0 saturated carbocycles. The monoisotopic (exact) mass is 664 g/mol. The Labute approximate surface area is 297 Å². The highest BCUT2D eigenvalue weighted by atomic mass is 32.1. The Kier molecular flexibility index (Phi) is 6.16. The van der Waals surface area contributed by atoms with E-state index in [4.69, 9.17) is 9.97 Å². The van der Waals surface area contributed by atoms with E-state index in [9.17, 15) is 0 Å². The Morgan fingerprint density at radius 1 is 0.392 bits per heavy atom. The van der Waals surface area contributed by atoms with Gasteiger partial charge >= 0.3 is 0 Å². The molecule has 11 rings (SSSR count). The smallest absolute Gasteiger partial charge is 0.0972 e. The van der Waals surface area contributed by atoms with Crippen LogP contribution in [0.25, 0.3) is 108 Å². The zero-order chi connectivity index (χ0) is 33.5. The molecule has 0 aliphatic heterocycles. The maximum absolute atomic E-state index is 5.60. The van der Waals surface area contributed by atoms with Crippen LogP contribution < -0.4 is 0 Å². The quantitative estimate of drug-likeness (QED) is 0.176. The van der Waals surface area contributed by atoms with Gasteiger partial charge in [0.05, 0.1) is 22.4 Å². The molecule has 0 bridgehead atoms. The normalized spacial score (nSPS) is 11.9. The molecule has 8 aromatic carbocycles. The predicted molar refractivity (Wildman–Crippen MR) is 219 cm³/mol. The van der Waals surface area contributed by atoms with Gasteiger partial charge < -0.3 is 0 Å². The number of pyridine rings is 2. The van der Waals surface area contributed by atoms with Crippen molar-refractivity contribution in [3.63, 3.8) is 0 Å². The predicted octanol–water partition coefficient (Wildman–Crippen LogP) is 13.6. The summed E-state index contributed by atoms with van der Waals surface area (Å²) in [5.41, 5.74) is 8.53. The number of aromatic nitrogens is 2. The molecule has 0 radical (unpaired) electrons. The average Bonchev–Trinajstić information content (AvgIpc) is 3.60. The van der Waals surface area contributed by atoms with Crippen molar-refractivity contribution >= 4 is 85.6 Å². The van der Waals surface area contributed by atoms with Gasteiger partial charge in [-0.25, -0.2) is 9.97 Å². The van der Waals surface area contributed by atoms with Crippen molar-refractivity contribution < 1.29 is 0 Å². The number of benzene rings is 8. The highest BCUT2D eigenvalue weighted by molar-refractivity contribution is 7.27. The summed E-state index contributed by atoms with van der Waals surface area (Å²) < 4.78 is 2.59. The van der Waals surface area contributed by atoms with E-state index in [1.54, 1.807) is 0 Å². The number of nitrogens with zero attached hydrogens (tertiary/aromatic N) is 2. The Bertz CT molecular complexity index is 3190. The van der Waals surface area contributed by atoms with Gasteiger partial charge in [0.2, 0.25) is 0 Å². The average molecular weight is 665 g/mol. The van der Waals surface area contributed by atoms with E-state index in [0.717, 1.165) is 44.3 Å². The van der Waals surface area contributed by atoms with Gasteiger partial charge in [0.25, 0.3) is 0 Å². The first kappa shape index (κ1) is 28.4. The van der Waals surface area contributed by atoms with E-state index < -0.39 is 0 Å². The van der Waals surface area contributed by atoms with Gasteiger partial charge in [0, 0.05) is 41.7 Å². The Balaban J connectivity index is 1.18. The lowest BCUT2D eigenvalue weighted by Crippen LogP contribution is -1.95. The van der Waals surface area contributed by atoms with Crippen LogP contribution in [-0.4, -0.2) is 9.97 Å². The maximum Gasteiger partial charge on any atom is 0.0972 e. The Morgan fingerprint density at radius 3 is 1.80 bits per heavy atom. The van der Waals surface area contributed by atoms with E-state index in [2.05, 4.69) is 170 Å². The summed E-state index contributed by atoms with van der Waals surface area (Å²) in [6.07, 6.45) is 0. The van der Waals surface area contributed by atoms with Gasteiger partial charge in [0.15, 0.2) is 0 Å². The Morgan fingerprint density at radius 2 is 1.00 bits per heavy atom. The van der Waals surface area contributed by atoms with Crippen LogP contribution in [-0.2, 0) is 0 Å². The summed E-state index contributed by atoms with van der Waals surface area (Å²) in [6, 6.07) is 61.1. The summed E-state index contributed by atoms with van der Waals surface area (Å²) in [6.45, 7) is 0. The van der Waals surface area contributed by atoms with E-state index in [1.807, 2.05) is 11.3 Å². The van der Waals surface area contributed by atoms with Crippen LogP contribution in [0.5, 0.6) is 0 Å². The van der Waals surface area contributed by atoms with Crippen LogP contribution in [0.2, 0.25) is 0 Å². The van der Waals surface area contributed by atoms with Crippen molar-refractivity contribution in [3.05, 3.63) is 170 Å². The summed E-state index contributed by atoms with van der Waals surface area (Å²) in [5.74, 6) is 0. The zero-order valence-corrected chi connectivity index (χ0v) is 28.3. The van der Waals surface area contributed by atoms with E-state index in [-0.39, 0.29) is 0 Å². The highest BCUT2D eigenvalue weighted by Crippen LogP contribution is 2.47. The first-order valence-electron chi connectivity index (χ1n) is 17.3. The Hall–Kier alpha value is -6.42. The van der Waals surface area contributed by atoms with Gasteiger partial charge in [-0.15, -0.1) is 11.3 Å². The van der Waals surface area contributed by atoms with Gasteiger partial charge in [-0.1, -0.05) is 140 Å². The minimum atomic E-state index is 0.877. The molecule has 0 spiro atoms. The minimum absolute atomic E-state index is 0.877. The van der Waals surface area contributed by atoms with E-state index >= 15 is 0 Å². The van der Waals surface area contributed by atoms with Crippen LogP contribution in [0.15, 0.2) is 170 Å². The van der Waals surface area contributed by atoms with Crippen molar-refractivity contribution in [2.24, 2.45) is 0 Å². The standard InChI is InChI=1S/C48H28N2S/c1-2-12-29(13-3-1)30-22-23-32-27-33(25-24-31(32)26-30)40-28-42(49-41-20-10-8-14-34(40)41)46-37-17-6-5-16-36(37)45-47(50-46)38-18-7-4-15-35(38)44-39-19-9-11-21-43(39)51-48(44)45/h1-28H. The lowest BCUT2D eigenvalue weighted by molar-refractivity contribution is 1.34. The van der Waals surface area contributed by atoms with Gasteiger partial charge in [-0.05, 0) is 74.1 Å². The molecule has 0 unspecified atom stereocenters. The number of para-hydroxylation sites is 1. The third-order valence-corrected chi connectivity index (χ3v) is 11.6. The molecule has 0 N–H and O–H groups in total. The molecule has 3 heterocycles. The SMILES string of the molecule is c1ccc(-c2ccc3cc(-c4cc(-c5nc6c7ccccc7c7c8ccccc8sc7c6c6ccccc56)nc5ccccc45)ccc3c2)cc1. The first-order chi connectivity index (χ1) is 25.3. The summed E-state index contributed by atoms with van der Waals surface area (Å²) in [5, 5.41) is 12.1. The van der Waals surface area contributed by atoms with Crippen LogP contribution in [0, 0.1) is 0 Å². The van der Waals surface area contributed by atoms with Crippen LogP contribution in [0.3, 0.4) is 0 Å². The first-order valence-corrected chi connectivity index (χ1v) is 18.1. The number of fused-ring (bicyclic) bond motifs is 12. The molecule has 2 nitrogen and oxygen atoms in total. The molecule has 236 valence electrons. The zero-order valence-electron chi connectivity index (χ0n) is 27.5. The number of thiophene rings is 1. The van der Waals surface area contributed by atoms with E-state index in [1.165, 1.54) is 63.6 Å². The van der Waals surface area contributed by atoms with Gasteiger partial charge in [-0.3, -0.25) is 0 Å². The topological polar surface area (TPSA) is 25.8 Å². The molecule has 0 amide bonds. The molecule has 3 heteroatoms. The lowest BCUT2D eigenvalue weighted by Gasteiger charge is -2.15. The fourth-order valence-corrected chi connectivity index (χ4v) is 9.32. The van der Waals surface area contributed by atoms with Crippen LogP contribution >= 0.6 is 11.3 Å². The molecule has 0 fully saturated rings. The molecular formula is C48H28N2S. The molecule has 0 atom stereocenters. The van der Waals surface area contributed by atoms with Crippen LogP contribution in [0.1, 0.15) is 0 Å². The summed E-state index contributed by atoms with van der Waals surface area (Å²) in [4.78, 5) is 10.9. The second-order valence-electron chi connectivity index (χ2n) is 13.3. The fraction of sp³-hybridized carbons (Fsp3) is 0. The lowest BCUT2D eigenvalue weighted by atomic mass is 9.93. The second kappa shape index (κ2) is 11.0. The van der Waals surface area contributed by atoms with Crippen molar-refractivity contribution in [1.82, 2.24) is 9.97 Å². The molecule has 0 aliphatic rings. The number of rotatable bonds is 3. The summed E-state index contributed by atoms with van der Waals surface area (Å²) in [7, 11) is 0. The van der Waals surface area contributed by atoms with Crippen LogP contribution in [0.4, 0.5) is 0 Å². The largest absolute Gasteiger partial charge is 0.246 e. The second-order valence-corrected chi connectivity index (χ2v) is 14.3. The molecule has 11 aromatic rings. The molecule has 0 saturated heterocycles. The number of hydrogen-bond donors (Lipinski definition) is 0. The van der Waals surface area contributed by atoms with Crippen molar-refractivity contribution in [2.75, 3.05) is 0 Å². The maximum atomic E-state index is 5.60. The fourth-order valence-electron chi connectivity index (χ4n) is 8.04. The van der Waals surface area contributed by atoms with Crippen molar-refractivity contribution in [1.29, 1.82) is 0 Å². The third-order valence-electron chi connectivity index (χ3n) is 10.4. The van der Waals surface area contributed by atoms with Gasteiger partial charge in [-0.2, -0.15) is 0 Å². The highest BCUT2D eigenvalue weighted by Gasteiger charge is 2.21. The minimum Gasteiger partial charge on any atom is -0.246 e. The molecule has 0 aliphatic carbocycles. The molecule has 3 aromatic heterocycles. The summed E-state index contributed by atoms with van der Waals surface area (Å²) >= 11 is 1.87. The number of hydrogen-bond acceptors (Lipinski definition) is 3.